The number of hydrogen-bond donors (Lipinski definition) is 7. The Morgan fingerprint density at radius 3 is 1.94 bits per heavy atom. The van der Waals surface area contributed by atoms with Crippen LogP contribution < -0.4 is 37.9 Å². The van der Waals surface area contributed by atoms with Crippen molar-refractivity contribution in [3.8, 4) is 5.75 Å². The van der Waals surface area contributed by atoms with Gasteiger partial charge in [0, 0.05) is 71.1 Å². The predicted molar refractivity (Wildman–Crippen MR) is 225 cm³/mol. The summed E-state index contributed by atoms with van der Waals surface area (Å²) < 4.78 is 33.4. The number of benzene rings is 2. The van der Waals surface area contributed by atoms with E-state index in [0.29, 0.717) is 5.56 Å². The summed E-state index contributed by atoms with van der Waals surface area (Å²) in [7, 11) is 0. The number of para-hydroxylation sites is 1. The molecule has 0 saturated carbocycles. The van der Waals surface area contributed by atoms with Crippen molar-refractivity contribution < 1.29 is 66.8 Å². The van der Waals surface area contributed by atoms with E-state index in [9.17, 15) is 38.4 Å². The first-order valence-electron chi connectivity index (χ1n) is 20.1. The Kier molecular flexibility index (Phi) is 18.0. The third-order valence-corrected chi connectivity index (χ3v) is 9.59. The lowest BCUT2D eigenvalue weighted by molar-refractivity contribution is -0.288. The van der Waals surface area contributed by atoms with E-state index in [0.717, 1.165) is 44.2 Å². The Hall–Kier alpha value is -7.23. The maximum atomic E-state index is 13.8. The van der Waals surface area contributed by atoms with Gasteiger partial charge in [-0.05, 0) is 42.2 Å². The van der Waals surface area contributed by atoms with Gasteiger partial charge in [-0.15, -0.1) is 0 Å². The number of primary amides is 1. The van der Waals surface area contributed by atoms with E-state index in [1.165, 1.54) is 19.1 Å². The zero-order valence-corrected chi connectivity index (χ0v) is 36.0. The molecule has 1 aliphatic rings. The zero-order valence-electron chi connectivity index (χ0n) is 36.0. The van der Waals surface area contributed by atoms with Crippen molar-refractivity contribution in [3.63, 3.8) is 0 Å². The van der Waals surface area contributed by atoms with Crippen LogP contribution in [0.5, 0.6) is 5.75 Å². The summed E-state index contributed by atoms with van der Waals surface area (Å²) in [5.41, 5.74) is 18.7. The zero-order chi connectivity index (χ0) is 47.1. The maximum absolute atomic E-state index is 13.8. The number of ether oxygens (including phenoxy) is 6. The molecule has 2 aromatic carbocycles. The summed E-state index contributed by atoms with van der Waals surface area (Å²) in [5, 5.41) is 8.82. The fourth-order valence-electron chi connectivity index (χ4n) is 6.87. The van der Waals surface area contributed by atoms with Crippen LogP contribution >= 0.6 is 0 Å². The number of nitrogens with two attached hydrogens (primary N) is 3. The molecule has 346 valence electrons. The van der Waals surface area contributed by atoms with Gasteiger partial charge in [-0.25, -0.2) is 0 Å². The average molecular weight is 895 g/mol. The summed E-state index contributed by atoms with van der Waals surface area (Å²) in [6.45, 7) is 5.35. The van der Waals surface area contributed by atoms with Gasteiger partial charge in [0.05, 0.1) is 0 Å². The van der Waals surface area contributed by atoms with Crippen molar-refractivity contribution in [1.29, 1.82) is 0 Å². The van der Waals surface area contributed by atoms with Crippen LogP contribution in [0.1, 0.15) is 58.6 Å². The van der Waals surface area contributed by atoms with Crippen molar-refractivity contribution in [2.75, 3.05) is 13.2 Å². The predicted octanol–water partition coefficient (Wildman–Crippen LogP) is -0.572. The highest BCUT2D eigenvalue weighted by Gasteiger charge is 2.53. The van der Waals surface area contributed by atoms with Crippen LogP contribution in [-0.4, -0.2) is 120 Å². The molecule has 0 aliphatic carbocycles. The van der Waals surface area contributed by atoms with E-state index in [-0.39, 0.29) is 43.9 Å². The molecule has 0 radical (unpaired) electrons. The van der Waals surface area contributed by atoms with Crippen molar-refractivity contribution >= 4 is 64.4 Å². The molecule has 1 aliphatic heterocycles. The third kappa shape index (κ3) is 15.0. The van der Waals surface area contributed by atoms with Gasteiger partial charge in [0.1, 0.15) is 36.6 Å². The molecule has 4 rings (SSSR count). The molecule has 0 spiro atoms. The lowest BCUT2D eigenvalue weighted by Gasteiger charge is -2.43. The van der Waals surface area contributed by atoms with Crippen molar-refractivity contribution in [3.05, 3.63) is 65.9 Å². The second-order valence-corrected chi connectivity index (χ2v) is 14.8. The largest absolute Gasteiger partial charge is 0.463 e. The first-order valence-corrected chi connectivity index (χ1v) is 20.1. The van der Waals surface area contributed by atoms with Crippen LogP contribution in [0.2, 0.25) is 0 Å². The molecule has 22 nitrogen and oxygen atoms in total. The Morgan fingerprint density at radius 1 is 0.719 bits per heavy atom. The quantitative estimate of drug-likeness (QED) is 0.0231. The highest BCUT2D eigenvalue weighted by atomic mass is 16.7. The Labute approximate surface area is 367 Å². The fraction of sp³-hybridized carbons (Fsp3) is 0.452. The first kappa shape index (κ1) is 49.4. The number of hydrogen-bond acceptors (Lipinski definition) is 15. The lowest BCUT2D eigenvalue weighted by atomic mass is 9.98. The van der Waals surface area contributed by atoms with Crippen LogP contribution in [0.25, 0.3) is 10.9 Å². The van der Waals surface area contributed by atoms with Gasteiger partial charge in [-0.1, -0.05) is 30.3 Å². The van der Waals surface area contributed by atoms with Gasteiger partial charge in [0.2, 0.25) is 36.0 Å². The average Bonchev–Trinajstić information content (AvgIpc) is 3.62. The summed E-state index contributed by atoms with van der Waals surface area (Å²) >= 11 is 0. The lowest BCUT2D eigenvalue weighted by Crippen LogP contribution is -2.63. The van der Waals surface area contributed by atoms with Gasteiger partial charge < -0.3 is 66.6 Å². The third-order valence-electron chi connectivity index (χ3n) is 9.59. The molecule has 1 fully saturated rings. The number of nitrogens with one attached hydrogen (secondary N) is 4. The molecular formula is C42H54N8O14. The van der Waals surface area contributed by atoms with Gasteiger partial charge in [-0.3, -0.25) is 43.3 Å². The van der Waals surface area contributed by atoms with Gasteiger partial charge in [-0.2, -0.15) is 0 Å². The Balaban J connectivity index is 1.52. The second-order valence-electron chi connectivity index (χ2n) is 14.8. The summed E-state index contributed by atoms with van der Waals surface area (Å²) in [5.74, 6) is -5.95. The van der Waals surface area contributed by atoms with Gasteiger partial charge in [0.15, 0.2) is 18.2 Å². The van der Waals surface area contributed by atoms with Crippen LogP contribution in [0.3, 0.4) is 0 Å². The maximum Gasteiger partial charge on any atom is 0.303 e. The summed E-state index contributed by atoms with van der Waals surface area (Å²) in [6, 6.07) is 9.86. The van der Waals surface area contributed by atoms with Gasteiger partial charge >= 0.3 is 23.9 Å². The standard InChI is InChI=1S/C42H54N8O14/c1-21(51)48-33(18-27-19-47-30-10-7-6-9-29(27)30)40(58)49-31(11-8-16-46-42(44)45)39(57)50-32(38(43)56)17-26-12-14-28(15-13-26)63-41-37(62-25(5)55)36(61-24(4)54)35(60-23(3)53)34(64-41)20-59-22(2)52/h6-7,9-10,12-15,19,31-37,41,47H,8,11,16-18,20H2,1-5H3,(H2,43,56)(H,48,51)(H,49,58)(H,50,57)(H4,44,45,46)/t31-,32-,33-,34+,35+,36-,37+,41+/m0/s1. The van der Waals surface area contributed by atoms with E-state index in [4.69, 9.17) is 45.6 Å². The number of amides is 4. The molecule has 3 aromatic rings. The molecule has 0 bridgehead atoms. The van der Waals surface area contributed by atoms with E-state index >= 15 is 0 Å². The molecule has 22 heteroatoms. The number of carbonyl (C=O) groups is 8. The highest BCUT2D eigenvalue weighted by Crippen LogP contribution is 2.31. The summed E-state index contributed by atoms with van der Waals surface area (Å²) in [4.78, 5) is 108. The number of H-pyrrole nitrogens is 1. The fourth-order valence-corrected chi connectivity index (χ4v) is 6.87. The monoisotopic (exact) mass is 894 g/mol. The minimum Gasteiger partial charge on any atom is -0.463 e. The second kappa shape index (κ2) is 23.3. The van der Waals surface area contributed by atoms with Gasteiger partial charge in [0.25, 0.3) is 0 Å². The topological polar surface area (TPSA) is 334 Å². The number of rotatable bonds is 21. The van der Waals surface area contributed by atoms with Crippen LogP contribution in [-0.2, 0) is 74.9 Å². The molecule has 4 amide bonds. The van der Waals surface area contributed by atoms with E-state index in [1.807, 2.05) is 24.3 Å². The minimum absolute atomic E-state index is 0.0327. The molecule has 64 heavy (non-hydrogen) atoms. The molecular weight excluding hydrogens is 841 g/mol. The normalized spacial score (nSPS) is 19.4. The summed E-state index contributed by atoms with van der Waals surface area (Å²) in [6.07, 6.45) is -5.10. The number of guanidine groups is 1. The van der Waals surface area contributed by atoms with Crippen molar-refractivity contribution in [2.45, 2.75) is 109 Å². The first-order chi connectivity index (χ1) is 30.3. The molecule has 2 heterocycles. The van der Waals surface area contributed by atoms with Crippen LogP contribution in [0.15, 0.2) is 59.7 Å². The Morgan fingerprint density at radius 2 is 1.33 bits per heavy atom. The molecule has 0 unspecified atom stereocenters. The highest BCUT2D eigenvalue weighted by molar-refractivity contribution is 5.94. The van der Waals surface area contributed by atoms with Crippen molar-refractivity contribution in [1.82, 2.24) is 20.9 Å². The molecule has 10 N–H and O–H groups in total. The Bertz CT molecular complexity index is 2190. The SMILES string of the molecule is CC(=O)N[C@@H](Cc1c[nH]c2ccccc12)C(=O)N[C@@H](CCCN=C(N)N)C(=O)N[C@@H](Cc1ccc(O[C@@H]2O[C@H](COC(C)=O)[C@@H](OC(C)=O)[C@H](OC(C)=O)[C@H]2OC(C)=O)cc1)C(N)=O. The number of aromatic nitrogens is 1. The van der Waals surface area contributed by atoms with E-state index < -0.39 is 103 Å². The van der Waals surface area contributed by atoms with E-state index in [1.54, 1.807) is 18.3 Å². The number of esters is 4. The van der Waals surface area contributed by atoms with Crippen LogP contribution in [0, 0.1) is 0 Å². The molecule has 1 saturated heterocycles. The number of nitrogens with zero attached hydrogens (tertiary/aromatic N) is 1. The number of aliphatic imine (C=N–C) groups is 1. The van der Waals surface area contributed by atoms with E-state index in [2.05, 4.69) is 25.9 Å². The molecule has 8 atom stereocenters. The number of fused-ring (bicyclic) bond motifs is 1. The number of carbonyl (C=O) groups excluding carboxylic acids is 8. The minimum atomic E-state index is -1.50. The molecule has 1 aromatic heterocycles. The smallest absolute Gasteiger partial charge is 0.303 e. The number of aromatic amines is 1. The van der Waals surface area contributed by atoms with Crippen LogP contribution in [0.4, 0.5) is 0 Å². The van der Waals surface area contributed by atoms with Crippen molar-refractivity contribution in [2.24, 2.45) is 22.2 Å².